The highest BCUT2D eigenvalue weighted by Crippen LogP contribution is 2.41. The molecule has 0 spiro atoms. The van der Waals surface area contributed by atoms with Crippen LogP contribution in [0.25, 0.3) is 0 Å². The van der Waals surface area contributed by atoms with Crippen molar-refractivity contribution in [2.24, 2.45) is 0 Å². The Bertz CT molecular complexity index is 650. The molecule has 0 saturated heterocycles. The Labute approximate surface area is 129 Å². The molecule has 1 aromatic carbocycles. The van der Waals surface area contributed by atoms with E-state index in [9.17, 15) is 9.59 Å². The molecule has 0 aliphatic carbocycles. The normalized spacial score (nSPS) is 16.0. The standard InChI is InChI=1S/C17H18ClNO2/c1-9-15(11(3)20)17(13-7-5-6-8-14(13)18)16(12(4)21)10(2)19-9/h5-8,17,19H,1-4H3. The van der Waals surface area contributed by atoms with E-state index in [4.69, 9.17) is 11.6 Å². The van der Waals surface area contributed by atoms with Crippen molar-refractivity contribution in [3.8, 4) is 0 Å². The van der Waals surface area contributed by atoms with E-state index < -0.39 is 5.92 Å². The Morgan fingerprint density at radius 3 is 1.90 bits per heavy atom. The van der Waals surface area contributed by atoms with Crippen molar-refractivity contribution in [1.82, 2.24) is 5.32 Å². The van der Waals surface area contributed by atoms with Gasteiger partial charge < -0.3 is 5.32 Å². The number of benzene rings is 1. The van der Waals surface area contributed by atoms with Crippen LogP contribution in [-0.2, 0) is 9.59 Å². The SMILES string of the molecule is CC(=O)C1=C(C)NC(C)=C(C(C)=O)C1c1ccccc1Cl. The summed E-state index contributed by atoms with van der Waals surface area (Å²) >= 11 is 6.30. The highest BCUT2D eigenvalue weighted by Gasteiger charge is 2.34. The molecule has 2 rings (SSSR count). The maximum absolute atomic E-state index is 12.1. The zero-order valence-electron chi connectivity index (χ0n) is 12.6. The summed E-state index contributed by atoms with van der Waals surface area (Å²) in [6.45, 7) is 6.73. The molecular weight excluding hydrogens is 286 g/mol. The van der Waals surface area contributed by atoms with Crippen LogP contribution < -0.4 is 5.32 Å². The molecular formula is C17H18ClNO2. The van der Waals surface area contributed by atoms with Crippen molar-refractivity contribution in [1.29, 1.82) is 0 Å². The van der Waals surface area contributed by atoms with Crippen LogP contribution >= 0.6 is 11.6 Å². The molecule has 0 bridgehead atoms. The van der Waals surface area contributed by atoms with Crippen LogP contribution in [-0.4, -0.2) is 11.6 Å². The minimum atomic E-state index is -0.407. The van der Waals surface area contributed by atoms with Gasteiger partial charge in [0.15, 0.2) is 11.6 Å². The van der Waals surface area contributed by atoms with Gasteiger partial charge >= 0.3 is 0 Å². The summed E-state index contributed by atoms with van der Waals surface area (Å²) in [7, 11) is 0. The Balaban J connectivity index is 2.74. The molecule has 0 fully saturated rings. The molecule has 0 saturated carbocycles. The van der Waals surface area contributed by atoms with E-state index >= 15 is 0 Å². The first-order valence-corrected chi connectivity index (χ1v) is 7.17. The fourth-order valence-electron chi connectivity index (χ4n) is 2.95. The number of hydrogen-bond acceptors (Lipinski definition) is 3. The van der Waals surface area contributed by atoms with Crippen LogP contribution in [0, 0.1) is 0 Å². The monoisotopic (exact) mass is 303 g/mol. The first-order valence-electron chi connectivity index (χ1n) is 6.79. The maximum Gasteiger partial charge on any atom is 0.158 e. The highest BCUT2D eigenvalue weighted by molar-refractivity contribution is 6.31. The van der Waals surface area contributed by atoms with Crippen molar-refractivity contribution < 1.29 is 9.59 Å². The van der Waals surface area contributed by atoms with E-state index in [1.165, 1.54) is 13.8 Å². The van der Waals surface area contributed by atoms with E-state index in [1.54, 1.807) is 6.07 Å². The first kappa shape index (κ1) is 15.5. The predicted octanol–water partition coefficient (Wildman–Crippen LogP) is 3.75. The average Bonchev–Trinajstić information content (AvgIpc) is 2.37. The number of carbonyl (C=O) groups excluding carboxylic acids is 2. The minimum absolute atomic E-state index is 0.0591. The zero-order valence-corrected chi connectivity index (χ0v) is 13.3. The van der Waals surface area contributed by atoms with Crippen molar-refractivity contribution in [2.45, 2.75) is 33.6 Å². The van der Waals surface area contributed by atoms with Gasteiger partial charge in [-0.05, 0) is 39.3 Å². The molecule has 1 heterocycles. The van der Waals surface area contributed by atoms with Crippen LogP contribution in [0.2, 0.25) is 5.02 Å². The number of Topliss-reactive ketones (excluding diaryl/α,β-unsaturated/α-hetero) is 2. The zero-order chi connectivity index (χ0) is 15.7. The molecule has 1 aliphatic rings. The largest absolute Gasteiger partial charge is 0.362 e. The van der Waals surface area contributed by atoms with Gasteiger partial charge in [-0.25, -0.2) is 0 Å². The topological polar surface area (TPSA) is 46.2 Å². The van der Waals surface area contributed by atoms with Gasteiger partial charge in [0.25, 0.3) is 0 Å². The third kappa shape index (κ3) is 2.79. The number of allylic oxidation sites excluding steroid dienone is 4. The highest BCUT2D eigenvalue weighted by atomic mass is 35.5. The molecule has 1 aliphatic heterocycles. The summed E-state index contributed by atoms with van der Waals surface area (Å²) in [5.74, 6) is -0.526. The quantitative estimate of drug-likeness (QED) is 0.925. The molecule has 3 nitrogen and oxygen atoms in total. The predicted molar refractivity (Wildman–Crippen MR) is 84.1 cm³/mol. The molecule has 0 aromatic heterocycles. The average molecular weight is 304 g/mol. The Morgan fingerprint density at radius 1 is 1.00 bits per heavy atom. The second kappa shape index (κ2) is 5.86. The van der Waals surface area contributed by atoms with Gasteiger partial charge in [0, 0.05) is 33.5 Å². The van der Waals surface area contributed by atoms with Crippen LogP contribution in [0.4, 0.5) is 0 Å². The lowest BCUT2D eigenvalue weighted by Crippen LogP contribution is -2.29. The van der Waals surface area contributed by atoms with Gasteiger partial charge in [0.1, 0.15) is 0 Å². The van der Waals surface area contributed by atoms with Gasteiger partial charge in [-0.1, -0.05) is 29.8 Å². The summed E-state index contributed by atoms with van der Waals surface area (Å²) < 4.78 is 0. The smallest absolute Gasteiger partial charge is 0.158 e. The summed E-state index contributed by atoms with van der Waals surface area (Å²) in [5, 5.41) is 3.69. The fourth-order valence-corrected chi connectivity index (χ4v) is 3.19. The second-order valence-corrected chi connectivity index (χ2v) is 5.68. The van der Waals surface area contributed by atoms with Gasteiger partial charge in [-0.3, -0.25) is 9.59 Å². The molecule has 0 radical (unpaired) electrons. The third-order valence-corrected chi connectivity index (χ3v) is 4.08. The van der Waals surface area contributed by atoms with Crippen molar-refractivity contribution in [3.63, 3.8) is 0 Å². The van der Waals surface area contributed by atoms with Gasteiger partial charge in [-0.15, -0.1) is 0 Å². The first-order chi connectivity index (χ1) is 9.84. The number of hydrogen-bond donors (Lipinski definition) is 1. The fraction of sp³-hybridized carbons (Fsp3) is 0.294. The van der Waals surface area contributed by atoms with Gasteiger partial charge in [0.2, 0.25) is 0 Å². The van der Waals surface area contributed by atoms with Crippen LogP contribution in [0.1, 0.15) is 39.2 Å². The molecule has 1 aromatic rings. The number of carbonyl (C=O) groups is 2. The maximum atomic E-state index is 12.1. The minimum Gasteiger partial charge on any atom is -0.362 e. The van der Waals surface area contributed by atoms with Crippen molar-refractivity contribution in [3.05, 3.63) is 57.4 Å². The lowest BCUT2D eigenvalue weighted by Gasteiger charge is -2.31. The Morgan fingerprint density at radius 2 is 1.48 bits per heavy atom. The van der Waals surface area contributed by atoms with E-state index in [0.717, 1.165) is 17.0 Å². The molecule has 110 valence electrons. The number of rotatable bonds is 3. The summed E-state index contributed by atoms with van der Waals surface area (Å²) in [6, 6.07) is 7.34. The number of halogens is 1. The van der Waals surface area contributed by atoms with Crippen molar-refractivity contribution >= 4 is 23.2 Å². The molecule has 4 heteroatoms. The third-order valence-electron chi connectivity index (χ3n) is 3.74. The molecule has 21 heavy (non-hydrogen) atoms. The Kier molecular flexibility index (Phi) is 4.33. The number of dihydropyridines is 1. The number of ketones is 2. The summed E-state index contributed by atoms with van der Waals surface area (Å²) in [4.78, 5) is 24.2. The van der Waals surface area contributed by atoms with E-state index in [2.05, 4.69) is 5.32 Å². The lowest BCUT2D eigenvalue weighted by molar-refractivity contribution is -0.114. The van der Waals surface area contributed by atoms with E-state index in [1.807, 2.05) is 32.0 Å². The van der Waals surface area contributed by atoms with E-state index in [0.29, 0.717) is 16.2 Å². The van der Waals surface area contributed by atoms with Crippen LogP contribution in [0.15, 0.2) is 46.8 Å². The van der Waals surface area contributed by atoms with Crippen LogP contribution in [0.3, 0.4) is 0 Å². The van der Waals surface area contributed by atoms with Gasteiger partial charge in [-0.2, -0.15) is 0 Å². The van der Waals surface area contributed by atoms with Crippen LogP contribution in [0.5, 0.6) is 0 Å². The van der Waals surface area contributed by atoms with E-state index in [-0.39, 0.29) is 11.6 Å². The van der Waals surface area contributed by atoms with Gasteiger partial charge in [0.05, 0.1) is 0 Å². The lowest BCUT2D eigenvalue weighted by atomic mass is 9.78. The molecule has 0 amide bonds. The summed E-state index contributed by atoms with van der Waals surface area (Å²) in [6.07, 6.45) is 0. The molecule has 0 unspecified atom stereocenters. The second-order valence-electron chi connectivity index (χ2n) is 5.27. The molecule has 0 atom stereocenters. The Hall–Kier alpha value is -1.87. The molecule has 1 N–H and O–H groups in total. The van der Waals surface area contributed by atoms with Crippen molar-refractivity contribution in [2.75, 3.05) is 0 Å². The summed E-state index contributed by atoms with van der Waals surface area (Å²) in [5.41, 5.74) is 3.53. The number of nitrogens with one attached hydrogen (secondary N) is 1.